The molecule has 0 amide bonds. The van der Waals surface area contributed by atoms with Gasteiger partial charge in [0.1, 0.15) is 0 Å². The largest absolute Gasteiger partial charge is 0.458 e. The maximum atomic E-state index is 9.17. The van der Waals surface area contributed by atoms with Gasteiger partial charge >= 0.3 is 7.12 Å². The average molecular weight is 234 g/mol. The molecular weight excluding hydrogens is 215 g/mol. The molecule has 0 saturated heterocycles. The van der Waals surface area contributed by atoms with Crippen LogP contribution in [0.25, 0.3) is 0 Å². The number of hydrogen-bond acceptors (Lipinski definition) is 3. The fourth-order valence-electron chi connectivity index (χ4n) is 2.16. The Hall–Kier alpha value is -0.835. The Morgan fingerprint density at radius 1 is 1.47 bits per heavy atom. The normalized spacial score (nSPS) is 26.9. The zero-order valence-electron chi connectivity index (χ0n) is 10.4. The van der Waals surface area contributed by atoms with Crippen LogP contribution in [0.3, 0.4) is 0 Å². The molecule has 1 aliphatic rings. The molecule has 3 nitrogen and oxygen atoms in total. The minimum atomic E-state index is -1.23. The van der Waals surface area contributed by atoms with E-state index < -0.39 is 7.12 Å². The average Bonchev–Trinajstić information content (AvgIpc) is 2.91. The second-order valence-corrected chi connectivity index (χ2v) is 5.28. The van der Waals surface area contributed by atoms with Crippen molar-refractivity contribution in [2.45, 2.75) is 32.2 Å². The molecular formula is C13H19BO3. The lowest BCUT2D eigenvalue weighted by atomic mass is 9.69. The lowest BCUT2D eigenvalue weighted by Crippen LogP contribution is -2.21. The topological polar surface area (TPSA) is 49.7 Å². The molecule has 1 fully saturated rings. The first-order chi connectivity index (χ1) is 8.02. The van der Waals surface area contributed by atoms with Crippen LogP contribution in [0.1, 0.15) is 24.5 Å². The van der Waals surface area contributed by atoms with E-state index >= 15 is 0 Å². The summed E-state index contributed by atoms with van der Waals surface area (Å²) in [4.78, 5) is 0. The van der Waals surface area contributed by atoms with E-state index in [9.17, 15) is 10.0 Å². The summed E-state index contributed by atoms with van der Waals surface area (Å²) < 4.78 is 5.62. The number of aryl methyl sites for hydroxylation is 1. The van der Waals surface area contributed by atoms with E-state index in [1.807, 2.05) is 19.1 Å². The van der Waals surface area contributed by atoms with Gasteiger partial charge in [-0.1, -0.05) is 36.8 Å². The van der Waals surface area contributed by atoms with Crippen molar-refractivity contribution >= 4 is 7.12 Å². The van der Waals surface area contributed by atoms with Crippen LogP contribution in [0.2, 0.25) is 5.31 Å². The van der Waals surface area contributed by atoms with E-state index in [0.717, 1.165) is 12.0 Å². The van der Waals surface area contributed by atoms with E-state index in [-0.39, 0.29) is 11.2 Å². The minimum absolute atomic E-state index is 0.271. The molecule has 4 heteroatoms. The van der Waals surface area contributed by atoms with Crippen LogP contribution in [-0.2, 0) is 11.3 Å². The second-order valence-electron chi connectivity index (χ2n) is 5.28. The van der Waals surface area contributed by atoms with Crippen LogP contribution in [0.5, 0.6) is 0 Å². The van der Waals surface area contributed by atoms with Gasteiger partial charge in [0.25, 0.3) is 0 Å². The highest BCUT2D eigenvalue weighted by molar-refractivity contribution is 6.46. The van der Waals surface area contributed by atoms with Crippen molar-refractivity contribution in [3.63, 3.8) is 0 Å². The summed E-state index contributed by atoms with van der Waals surface area (Å²) in [5.41, 5.74) is 2.39. The molecule has 1 aromatic rings. The predicted octanol–water partition coefficient (Wildman–Crippen LogP) is 1.76. The molecule has 0 aromatic heterocycles. The Kier molecular flexibility index (Phi) is 3.57. The zero-order chi connectivity index (χ0) is 12.5. The monoisotopic (exact) mass is 234 g/mol. The first-order valence-electron chi connectivity index (χ1n) is 6.02. The fraction of sp³-hybridized carbons (Fsp3) is 0.538. The molecule has 0 spiro atoms. The molecule has 0 bridgehead atoms. The van der Waals surface area contributed by atoms with Crippen molar-refractivity contribution in [3.05, 3.63) is 35.4 Å². The highest BCUT2D eigenvalue weighted by Crippen LogP contribution is 2.60. The standard InChI is InChI=1S/C13H19BO3/c1-10-4-3-5-11(6-10)8-17-9-12-7-13(12,2)14(15)16/h3-6,12,15-16H,7-9H2,1-2H3. The molecule has 0 heterocycles. The fourth-order valence-corrected chi connectivity index (χ4v) is 2.16. The van der Waals surface area contributed by atoms with E-state index in [0.29, 0.717) is 13.2 Å². The number of benzene rings is 1. The van der Waals surface area contributed by atoms with Crippen molar-refractivity contribution in [2.75, 3.05) is 6.61 Å². The Balaban J connectivity index is 1.75. The van der Waals surface area contributed by atoms with Crippen molar-refractivity contribution in [1.29, 1.82) is 0 Å². The van der Waals surface area contributed by atoms with Gasteiger partial charge < -0.3 is 14.8 Å². The molecule has 17 heavy (non-hydrogen) atoms. The van der Waals surface area contributed by atoms with Crippen molar-refractivity contribution in [3.8, 4) is 0 Å². The maximum Gasteiger partial charge on any atom is 0.458 e. The Morgan fingerprint density at radius 2 is 2.24 bits per heavy atom. The predicted molar refractivity (Wildman–Crippen MR) is 67.5 cm³/mol. The first kappa shape index (κ1) is 12.6. The van der Waals surface area contributed by atoms with Crippen molar-refractivity contribution in [2.24, 2.45) is 5.92 Å². The summed E-state index contributed by atoms with van der Waals surface area (Å²) >= 11 is 0. The molecule has 1 saturated carbocycles. The third-order valence-electron chi connectivity index (χ3n) is 3.72. The molecule has 2 atom stereocenters. The molecule has 1 aliphatic carbocycles. The van der Waals surface area contributed by atoms with Gasteiger partial charge in [-0.2, -0.15) is 0 Å². The highest BCUT2D eigenvalue weighted by Gasteiger charge is 2.57. The summed E-state index contributed by atoms with van der Waals surface area (Å²) in [5, 5.41) is 18.0. The molecule has 2 unspecified atom stereocenters. The molecule has 2 rings (SSSR count). The van der Waals surface area contributed by atoms with Gasteiger partial charge in [0.2, 0.25) is 0 Å². The van der Waals surface area contributed by atoms with E-state index in [1.165, 1.54) is 5.56 Å². The Morgan fingerprint density at radius 3 is 2.82 bits per heavy atom. The smallest absolute Gasteiger partial charge is 0.427 e. The lowest BCUT2D eigenvalue weighted by molar-refractivity contribution is 0.107. The first-order valence-corrected chi connectivity index (χ1v) is 6.02. The Labute approximate surface area is 103 Å². The maximum absolute atomic E-state index is 9.17. The summed E-state index contributed by atoms with van der Waals surface area (Å²) in [5.74, 6) is 0.271. The molecule has 92 valence electrons. The van der Waals surface area contributed by atoms with Gasteiger partial charge in [-0.3, -0.25) is 0 Å². The zero-order valence-corrected chi connectivity index (χ0v) is 10.4. The van der Waals surface area contributed by atoms with Crippen LogP contribution < -0.4 is 0 Å². The van der Waals surface area contributed by atoms with Crippen molar-refractivity contribution in [1.82, 2.24) is 0 Å². The van der Waals surface area contributed by atoms with Crippen LogP contribution in [0, 0.1) is 12.8 Å². The van der Waals surface area contributed by atoms with Crippen LogP contribution >= 0.6 is 0 Å². The molecule has 1 aromatic carbocycles. The summed E-state index contributed by atoms with van der Waals surface area (Å²) in [6, 6.07) is 8.23. The van der Waals surface area contributed by atoms with Gasteiger partial charge in [0, 0.05) is 11.9 Å². The quantitative estimate of drug-likeness (QED) is 0.763. The minimum Gasteiger partial charge on any atom is -0.427 e. The van der Waals surface area contributed by atoms with E-state index in [4.69, 9.17) is 4.74 Å². The molecule has 2 N–H and O–H groups in total. The van der Waals surface area contributed by atoms with Crippen LogP contribution in [-0.4, -0.2) is 23.8 Å². The van der Waals surface area contributed by atoms with Crippen molar-refractivity contribution < 1.29 is 14.8 Å². The number of hydrogen-bond donors (Lipinski definition) is 2. The summed E-state index contributed by atoms with van der Waals surface area (Å²) in [7, 11) is -1.23. The van der Waals surface area contributed by atoms with Gasteiger partial charge in [-0.05, 0) is 24.8 Å². The summed E-state index contributed by atoms with van der Waals surface area (Å²) in [6.07, 6.45) is 0.832. The van der Waals surface area contributed by atoms with Gasteiger partial charge in [-0.15, -0.1) is 0 Å². The van der Waals surface area contributed by atoms with Gasteiger partial charge in [-0.25, -0.2) is 0 Å². The Bertz CT molecular complexity index is 394. The highest BCUT2D eigenvalue weighted by atomic mass is 16.5. The molecule has 0 aliphatic heterocycles. The van der Waals surface area contributed by atoms with E-state index in [2.05, 4.69) is 19.1 Å². The number of ether oxygens (including phenoxy) is 1. The summed E-state index contributed by atoms with van der Waals surface area (Å²) in [6.45, 7) is 5.14. The SMILES string of the molecule is Cc1cccc(COCC2CC2(C)B(O)O)c1. The van der Waals surface area contributed by atoms with Gasteiger partial charge in [0.05, 0.1) is 6.61 Å². The lowest BCUT2D eigenvalue weighted by Gasteiger charge is -2.09. The molecule has 0 radical (unpaired) electrons. The number of rotatable bonds is 5. The third kappa shape index (κ3) is 2.89. The van der Waals surface area contributed by atoms with E-state index in [1.54, 1.807) is 0 Å². The van der Waals surface area contributed by atoms with Crippen LogP contribution in [0.15, 0.2) is 24.3 Å². The van der Waals surface area contributed by atoms with Crippen LogP contribution in [0.4, 0.5) is 0 Å². The van der Waals surface area contributed by atoms with Gasteiger partial charge in [0.15, 0.2) is 0 Å². The second kappa shape index (κ2) is 4.80. The third-order valence-corrected chi connectivity index (χ3v) is 3.72.